The van der Waals surface area contributed by atoms with Crippen molar-refractivity contribution in [2.45, 2.75) is 27.2 Å². The highest BCUT2D eigenvalue weighted by Gasteiger charge is 2.12. The van der Waals surface area contributed by atoms with Crippen LogP contribution >= 0.6 is 11.6 Å². The van der Waals surface area contributed by atoms with Gasteiger partial charge in [-0.05, 0) is 50.1 Å². The van der Waals surface area contributed by atoms with Crippen molar-refractivity contribution in [2.75, 3.05) is 5.32 Å². The highest BCUT2D eigenvalue weighted by atomic mass is 35.5. The maximum atomic E-state index is 12.5. The van der Waals surface area contributed by atoms with E-state index >= 15 is 0 Å². The number of amides is 1. The third-order valence-electron chi connectivity index (χ3n) is 4.00. The number of carbonyl (C=O) groups is 1. The van der Waals surface area contributed by atoms with Gasteiger partial charge >= 0.3 is 0 Å². The lowest BCUT2D eigenvalue weighted by atomic mass is 10.2. The Morgan fingerprint density at radius 1 is 1.26 bits per heavy atom. The molecule has 0 spiro atoms. The zero-order valence-corrected chi connectivity index (χ0v) is 14.1. The Hall–Kier alpha value is -2.33. The molecule has 0 unspecified atom stereocenters. The van der Waals surface area contributed by atoms with Crippen molar-refractivity contribution in [3.63, 3.8) is 0 Å². The van der Waals surface area contributed by atoms with Crippen molar-refractivity contribution in [2.24, 2.45) is 0 Å². The van der Waals surface area contributed by atoms with E-state index in [0.29, 0.717) is 10.6 Å². The van der Waals surface area contributed by atoms with Gasteiger partial charge in [0.1, 0.15) is 5.65 Å². The van der Waals surface area contributed by atoms with E-state index in [9.17, 15) is 4.79 Å². The third-order valence-corrected chi connectivity index (χ3v) is 4.24. The molecule has 0 fully saturated rings. The molecular formula is C18H18ClN3O. The first-order chi connectivity index (χ1) is 11.0. The Balaban J connectivity index is 1.94. The minimum absolute atomic E-state index is 0.164. The molecule has 0 aliphatic heterocycles. The van der Waals surface area contributed by atoms with E-state index in [-0.39, 0.29) is 5.91 Å². The molecule has 2 heterocycles. The smallest absolute Gasteiger partial charge is 0.257 e. The lowest BCUT2D eigenvalue weighted by Gasteiger charge is -2.09. The van der Waals surface area contributed by atoms with Gasteiger partial charge in [0.25, 0.3) is 5.91 Å². The molecule has 23 heavy (non-hydrogen) atoms. The number of aryl methyl sites for hydroxylation is 3. The number of aromatic nitrogens is 2. The standard InChI is InChI=1S/C18H18ClN3O/c1-4-15-12(3)22-10-13(6-8-17(22)20-15)18(23)21-16-9-14(19)7-5-11(16)2/h5-10H,4H2,1-3H3,(H,21,23). The third kappa shape index (κ3) is 2.94. The summed E-state index contributed by atoms with van der Waals surface area (Å²) in [6.07, 6.45) is 2.70. The number of nitrogens with zero attached hydrogens (tertiary/aromatic N) is 2. The zero-order valence-electron chi connectivity index (χ0n) is 13.4. The van der Waals surface area contributed by atoms with Gasteiger partial charge in [0.15, 0.2) is 0 Å². The molecule has 5 heteroatoms. The van der Waals surface area contributed by atoms with Crippen LogP contribution in [0.5, 0.6) is 0 Å². The van der Waals surface area contributed by atoms with Gasteiger partial charge in [-0.3, -0.25) is 4.79 Å². The Morgan fingerprint density at radius 3 is 2.78 bits per heavy atom. The van der Waals surface area contributed by atoms with Crippen LogP contribution in [0.15, 0.2) is 36.5 Å². The molecule has 3 aromatic rings. The van der Waals surface area contributed by atoms with Crippen molar-refractivity contribution in [3.8, 4) is 0 Å². The van der Waals surface area contributed by atoms with Gasteiger partial charge in [0.05, 0.1) is 11.3 Å². The summed E-state index contributed by atoms with van der Waals surface area (Å²) in [5, 5.41) is 3.51. The second-order valence-electron chi connectivity index (χ2n) is 5.56. The van der Waals surface area contributed by atoms with E-state index in [4.69, 9.17) is 11.6 Å². The summed E-state index contributed by atoms with van der Waals surface area (Å²) < 4.78 is 1.96. The molecule has 0 aliphatic rings. The van der Waals surface area contributed by atoms with Crippen LogP contribution in [-0.4, -0.2) is 15.3 Å². The topological polar surface area (TPSA) is 46.4 Å². The fourth-order valence-corrected chi connectivity index (χ4v) is 2.78. The molecule has 0 bridgehead atoms. The van der Waals surface area contributed by atoms with E-state index in [1.165, 1.54) is 0 Å². The predicted molar refractivity (Wildman–Crippen MR) is 93.4 cm³/mol. The summed E-state index contributed by atoms with van der Waals surface area (Å²) in [4.78, 5) is 17.1. The number of hydrogen-bond acceptors (Lipinski definition) is 2. The molecule has 0 atom stereocenters. The molecule has 1 amide bonds. The summed E-state index contributed by atoms with van der Waals surface area (Å²) in [5.74, 6) is -0.164. The van der Waals surface area contributed by atoms with Gasteiger partial charge in [0.2, 0.25) is 0 Å². The fraction of sp³-hybridized carbons (Fsp3) is 0.222. The van der Waals surface area contributed by atoms with E-state index in [1.54, 1.807) is 18.2 Å². The zero-order chi connectivity index (χ0) is 16.6. The van der Waals surface area contributed by atoms with Crippen LogP contribution in [0, 0.1) is 13.8 Å². The monoisotopic (exact) mass is 327 g/mol. The van der Waals surface area contributed by atoms with Gasteiger partial charge in [0, 0.05) is 22.6 Å². The van der Waals surface area contributed by atoms with E-state index < -0.39 is 0 Å². The molecule has 2 aromatic heterocycles. The fourth-order valence-electron chi connectivity index (χ4n) is 2.60. The molecule has 118 valence electrons. The second kappa shape index (κ2) is 6.05. The first kappa shape index (κ1) is 15.6. The lowest BCUT2D eigenvalue weighted by Crippen LogP contribution is -2.13. The van der Waals surface area contributed by atoms with Crippen molar-refractivity contribution >= 4 is 28.8 Å². The normalized spacial score (nSPS) is 11.0. The number of fused-ring (bicyclic) bond motifs is 1. The molecule has 0 aliphatic carbocycles. The highest BCUT2D eigenvalue weighted by Crippen LogP contribution is 2.21. The molecular weight excluding hydrogens is 310 g/mol. The molecule has 1 aromatic carbocycles. The Labute approximate surface area is 140 Å². The number of pyridine rings is 1. The number of anilines is 1. The van der Waals surface area contributed by atoms with Crippen LogP contribution in [0.1, 0.15) is 34.2 Å². The van der Waals surface area contributed by atoms with E-state index in [2.05, 4.69) is 17.2 Å². The number of carbonyl (C=O) groups excluding carboxylic acids is 1. The minimum Gasteiger partial charge on any atom is -0.322 e. The van der Waals surface area contributed by atoms with Crippen molar-refractivity contribution < 1.29 is 4.79 Å². The maximum absolute atomic E-state index is 12.5. The molecule has 4 nitrogen and oxygen atoms in total. The van der Waals surface area contributed by atoms with Crippen LogP contribution in [0.4, 0.5) is 5.69 Å². The SMILES string of the molecule is CCc1nc2ccc(C(=O)Nc3cc(Cl)ccc3C)cn2c1C. The van der Waals surface area contributed by atoms with E-state index in [1.807, 2.05) is 36.6 Å². The predicted octanol–water partition coefficient (Wildman–Crippen LogP) is 4.42. The van der Waals surface area contributed by atoms with Crippen molar-refractivity contribution in [3.05, 3.63) is 64.1 Å². The highest BCUT2D eigenvalue weighted by molar-refractivity contribution is 6.31. The van der Waals surface area contributed by atoms with Crippen molar-refractivity contribution in [1.29, 1.82) is 0 Å². The molecule has 1 N–H and O–H groups in total. The van der Waals surface area contributed by atoms with E-state index in [0.717, 1.165) is 34.7 Å². The Kier molecular flexibility index (Phi) is 4.09. The van der Waals surface area contributed by atoms with Gasteiger partial charge < -0.3 is 9.72 Å². The van der Waals surface area contributed by atoms with Crippen LogP contribution in [-0.2, 0) is 6.42 Å². The van der Waals surface area contributed by atoms with Gasteiger partial charge in [-0.15, -0.1) is 0 Å². The first-order valence-corrected chi connectivity index (χ1v) is 7.92. The number of imidazole rings is 1. The van der Waals surface area contributed by atoms with Crippen molar-refractivity contribution in [1.82, 2.24) is 9.38 Å². The average Bonchev–Trinajstić information content (AvgIpc) is 2.86. The molecule has 0 saturated carbocycles. The van der Waals surface area contributed by atoms with Crippen LogP contribution in [0.3, 0.4) is 0 Å². The summed E-state index contributed by atoms with van der Waals surface area (Å²) in [6.45, 7) is 6.02. The lowest BCUT2D eigenvalue weighted by molar-refractivity contribution is 0.102. The second-order valence-corrected chi connectivity index (χ2v) is 5.99. The molecule has 0 saturated heterocycles. The number of hydrogen-bond donors (Lipinski definition) is 1. The quantitative estimate of drug-likeness (QED) is 0.774. The Morgan fingerprint density at radius 2 is 2.04 bits per heavy atom. The minimum atomic E-state index is -0.164. The summed E-state index contributed by atoms with van der Waals surface area (Å²) in [5.41, 5.74) is 5.24. The first-order valence-electron chi connectivity index (χ1n) is 7.54. The van der Waals surface area contributed by atoms with Crippen LogP contribution in [0.25, 0.3) is 5.65 Å². The summed E-state index contributed by atoms with van der Waals surface area (Å²) in [6, 6.07) is 9.10. The molecule has 0 radical (unpaired) electrons. The Bertz CT molecular complexity index is 899. The largest absolute Gasteiger partial charge is 0.322 e. The number of rotatable bonds is 3. The number of halogens is 1. The number of benzene rings is 1. The summed E-state index contributed by atoms with van der Waals surface area (Å²) >= 11 is 6.00. The molecule has 3 rings (SSSR count). The van der Waals surface area contributed by atoms with Gasteiger partial charge in [-0.1, -0.05) is 24.6 Å². The van der Waals surface area contributed by atoms with Crippen LogP contribution in [0.2, 0.25) is 5.02 Å². The van der Waals surface area contributed by atoms with Gasteiger partial charge in [-0.2, -0.15) is 0 Å². The van der Waals surface area contributed by atoms with Gasteiger partial charge in [-0.25, -0.2) is 4.98 Å². The number of nitrogens with one attached hydrogen (secondary N) is 1. The average molecular weight is 328 g/mol. The maximum Gasteiger partial charge on any atom is 0.257 e. The summed E-state index contributed by atoms with van der Waals surface area (Å²) in [7, 11) is 0. The van der Waals surface area contributed by atoms with Crippen LogP contribution < -0.4 is 5.32 Å².